The minimum Gasteiger partial charge on any atom is -0.368 e. The topological polar surface area (TPSA) is 126 Å². The first-order valence-electron chi connectivity index (χ1n) is 11.1. The van der Waals surface area contributed by atoms with Crippen LogP contribution in [0.1, 0.15) is 17.0 Å². The lowest BCUT2D eigenvalue weighted by Gasteiger charge is -2.27. The molecule has 0 spiro atoms. The highest BCUT2D eigenvalue weighted by Crippen LogP contribution is 2.33. The largest absolute Gasteiger partial charge is 0.368 e. The van der Waals surface area contributed by atoms with Gasteiger partial charge in [-0.15, -0.1) is 0 Å². The third kappa shape index (κ3) is 4.51. The van der Waals surface area contributed by atoms with Crippen LogP contribution in [0.25, 0.3) is 0 Å². The monoisotopic (exact) mass is 465 g/mol. The van der Waals surface area contributed by atoms with E-state index in [9.17, 15) is 9.59 Å². The number of hydrogen-bond donors (Lipinski definition) is 3. The van der Waals surface area contributed by atoms with Crippen LogP contribution in [-0.2, 0) is 23.3 Å². The number of carbonyl (C=O) groups is 2. The highest BCUT2D eigenvalue weighted by Gasteiger charge is 2.52. The third-order valence-electron chi connectivity index (χ3n) is 5.78. The average Bonchev–Trinajstić information content (AvgIpc) is 3.10. The number of aromatic nitrogens is 3. The number of amides is 3. The van der Waals surface area contributed by atoms with Gasteiger partial charge in [0.05, 0.1) is 6.54 Å². The van der Waals surface area contributed by atoms with E-state index in [2.05, 4.69) is 25.6 Å². The number of nitrogen functional groups attached to an aromatic ring is 1. The zero-order valence-corrected chi connectivity index (χ0v) is 18.8. The molecule has 0 bridgehead atoms. The number of nitrogens with two attached hydrogens (primary N) is 1. The summed E-state index contributed by atoms with van der Waals surface area (Å²) in [7, 11) is 0. The lowest BCUT2D eigenvalue weighted by molar-refractivity contribution is -0.132. The molecule has 1 fully saturated rings. The predicted octanol–water partition coefficient (Wildman–Crippen LogP) is 3.39. The molecule has 1 atom stereocenters. The second kappa shape index (κ2) is 9.22. The molecule has 1 aliphatic rings. The first-order valence-corrected chi connectivity index (χ1v) is 11.1. The van der Waals surface area contributed by atoms with Crippen LogP contribution >= 0.6 is 0 Å². The number of urea groups is 1. The third-order valence-corrected chi connectivity index (χ3v) is 5.78. The number of nitrogens with one attached hydrogen (secondary N) is 2. The molecule has 2 heterocycles. The van der Waals surface area contributed by atoms with Crippen LogP contribution in [0, 0.1) is 0 Å². The number of carbonyl (C=O) groups excluding carboxylic acids is 2. The van der Waals surface area contributed by atoms with Crippen molar-refractivity contribution in [1.82, 2.24) is 25.2 Å². The minimum atomic E-state index is -1.25. The number of hydrogen-bond acceptors (Lipinski definition) is 7. The van der Waals surface area contributed by atoms with E-state index in [0.717, 1.165) is 16.2 Å². The zero-order chi connectivity index (χ0) is 24.3. The first kappa shape index (κ1) is 22.0. The number of anilines is 3. The van der Waals surface area contributed by atoms with Crippen molar-refractivity contribution in [2.24, 2.45) is 0 Å². The minimum absolute atomic E-state index is 0.0147. The number of nitrogens with zero attached hydrogens (tertiary/aromatic N) is 4. The maximum Gasteiger partial charge on any atom is 0.325 e. The van der Waals surface area contributed by atoms with Crippen LogP contribution in [0.15, 0.2) is 91.0 Å². The molecule has 4 N–H and O–H groups in total. The van der Waals surface area contributed by atoms with Gasteiger partial charge in [0.1, 0.15) is 0 Å². The van der Waals surface area contributed by atoms with E-state index < -0.39 is 11.6 Å². The smallest absolute Gasteiger partial charge is 0.325 e. The fraction of sp³-hybridized carbons (Fsp3) is 0.115. The summed E-state index contributed by atoms with van der Waals surface area (Å²) in [6.07, 6.45) is 0.305. The highest BCUT2D eigenvalue weighted by molar-refractivity contribution is 6.07. The normalized spacial score (nSPS) is 17.3. The lowest BCUT2D eigenvalue weighted by Crippen LogP contribution is -2.46. The van der Waals surface area contributed by atoms with E-state index >= 15 is 0 Å². The second-order valence-electron chi connectivity index (χ2n) is 8.18. The van der Waals surface area contributed by atoms with E-state index in [4.69, 9.17) is 5.73 Å². The molecule has 9 nitrogen and oxygen atoms in total. The number of benzene rings is 3. The Balaban J connectivity index is 1.45. The van der Waals surface area contributed by atoms with Crippen molar-refractivity contribution in [2.75, 3.05) is 11.1 Å². The fourth-order valence-corrected chi connectivity index (χ4v) is 4.17. The van der Waals surface area contributed by atoms with Gasteiger partial charge in [0.15, 0.2) is 11.4 Å². The van der Waals surface area contributed by atoms with Crippen molar-refractivity contribution < 1.29 is 9.59 Å². The Hall–Kier alpha value is -4.79. The van der Waals surface area contributed by atoms with E-state index in [1.54, 1.807) is 0 Å². The molecule has 1 aliphatic heterocycles. The van der Waals surface area contributed by atoms with Crippen LogP contribution in [-0.4, -0.2) is 31.8 Å². The Labute approximate surface area is 202 Å². The lowest BCUT2D eigenvalue weighted by atomic mass is 9.83. The van der Waals surface area contributed by atoms with Gasteiger partial charge in [0, 0.05) is 12.1 Å². The molecule has 0 aliphatic carbocycles. The molecule has 3 amide bonds. The maximum atomic E-state index is 13.8. The summed E-state index contributed by atoms with van der Waals surface area (Å²) in [5, 5.41) is 6.00. The Morgan fingerprint density at radius 3 is 2.14 bits per heavy atom. The molecule has 0 unspecified atom stereocenters. The van der Waals surface area contributed by atoms with E-state index in [-0.39, 0.29) is 30.2 Å². The molecular formula is C26H23N7O2. The van der Waals surface area contributed by atoms with Gasteiger partial charge in [-0.05, 0) is 23.3 Å². The summed E-state index contributed by atoms with van der Waals surface area (Å²) >= 11 is 0. The van der Waals surface area contributed by atoms with Crippen LogP contribution in [0.2, 0.25) is 0 Å². The molecule has 5 rings (SSSR count). The van der Waals surface area contributed by atoms with Gasteiger partial charge in [-0.25, -0.2) is 4.79 Å². The molecule has 1 saturated heterocycles. The summed E-state index contributed by atoms with van der Waals surface area (Å²) in [4.78, 5) is 40.7. The Kier molecular flexibility index (Phi) is 5.80. The average molecular weight is 466 g/mol. The van der Waals surface area contributed by atoms with Crippen LogP contribution in [0.4, 0.5) is 22.4 Å². The Morgan fingerprint density at radius 2 is 1.46 bits per heavy atom. The molecule has 9 heteroatoms. The number of para-hydroxylation sites is 1. The van der Waals surface area contributed by atoms with Crippen molar-refractivity contribution in [3.63, 3.8) is 0 Å². The second-order valence-corrected chi connectivity index (χ2v) is 8.18. The first-order chi connectivity index (χ1) is 17.0. The quantitative estimate of drug-likeness (QED) is 0.357. The van der Waals surface area contributed by atoms with Gasteiger partial charge in [-0.2, -0.15) is 15.0 Å². The van der Waals surface area contributed by atoms with Crippen LogP contribution in [0.5, 0.6) is 0 Å². The number of imide groups is 1. The Morgan fingerprint density at radius 1 is 0.829 bits per heavy atom. The molecular weight excluding hydrogens is 442 g/mol. The molecule has 1 aromatic heterocycles. The predicted molar refractivity (Wildman–Crippen MR) is 131 cm³/mol. The molecule has 4 aromatic rings. The summed E-state index contributed by atoms with van der Waals surface area (Å²) in [5.74, 6) is 0.0283. The zero-order valence-electron chi connectivity index (χ0n) is 18.8. The fourth-order valence-electron chi connectivity index (χ4n) is 4.17. The number of rotatable bonds is 7. The molecule has 0 saturated carbocycles. The van der Waals surface area contributed by atoms with E-state index in [1.165, 1.54) is 0 Å². The van der Waals surface area contributed by atoms with Crippen molar-refractivity contribution >= 4 is 29.5 Å². The van der Waals surface area contributed by atoms with Crippen molar-refractivity contribution in [2.45, 2.75) is 18.5 Å². The van der Waals surface area contributed by atoms with Crippen molar-refractivity contribution in [3.05, 3.63) is 108 Å². The molecule has 174 valence electrons. The summed E-state index contributed by atoms with van der Waals surface area (Å²) in [5.41, 5.74) is 7.04. The maximum absolute atomic E-state index is 13.8. The summed E-state index contributed by atoms with van der Waals surface area (Å²) in [6, 6.07) is 27.7. The SMILES string of the molecule is Nc1nc(CN2C(=O)N[C@@](Cc3ccccc3)(c3ccccc3)C2=O)nc(Nc2ccccc2)n1. The molecule has 3 aromatic carbocycles. The van der Waals surface area contributed by atoms with Gasteiger partial charge >= 0.3 is 6.03 Å². The Bertz CT molecular complexity index is 1350. The van der Waals surface area contributed by atoms with Gasteiger partial charge in [0.2, 0.25) is 11.9 Å². The molecule has 0 radical (unpaired) electrons. The van der Waals surface area contributed by atoms with Gasteiger partial charge in [-0.3, -0.25) is 9.69 Å². The molecule has 35 heavy (non-hydrogen) atoms. The van der Waals surface area contributed by atoms with E-state index in [1.807, 2.05) is 91.0 Å². The van der Waals surface area contributed by atoms with Gasteiger partial charge < -0.3 is 16.4 Å². The van der Waals surface area contributed by atoms with Crippen LogP contribution in [0.3, 0.4) is 0 Å². The summed E-state index contributed by atoms with van der Waals surface area (Å²) in [6.45, 7) is -0.149. The van der Waals surface area contributed by atoms with Crippen molar-refractivity contribution in [1.29, 1.82) is 0 Å². The highest BCUT2D eigenvalue weighted by atomic mass is 16.2. The van der Waals surface area contributed by atoms with Crippen LogP contribution < -0.4 is 16.4 Å². The van der Waals surface area contributed by atoms with Gasteiger partial charge in [-0.1, -0.05) is 78.9 Å². The van der Waals surface area contributed by atoms with Gasteiger partial charge in [0.25, 0.3) is 5.91 Å². The summed E-state index contributed by atoms with van der Waals surface area (Å²) < 4.78 is 0. The van der Waals surface area contributed by atoms with E-state index in [0.29, 0.717) is 12.0 Å². The van der Waals surface area contributed by atoms with Crippen molar-refractivity contribution in [3.8, 4) is 0 Å². The standard InChI is InChI=1S/C26H23N7O2/c27-23-29-21(30-24(31-23)28-20-14-8-3-9-15-20)17-33-22(34)26(32-25(33)35,19-12-6-2-7-13-19)16-18-10-4-1-5-11-18/h1-15H,16-17H2,(H,32,35)(H3,27,28,29,30,31)/t26-/m0/s1.